The third kappa shape index (κ3) is 9.89. The molecule has 0 aliphatic rings. The highest BCUT2D eigenvalue weighted by Crippen LogP contribution is 2.32. The topological polar surface area (TPSA) is 91.3 Å². The summed E-state index contributed by atoms with van der Waals surface area (Å²) >= 11 is 0. The summed E-state index contributed by atoms with van der Waals surface area (Å²) in [5.74, 6) is -3.23. The third-order valence-corrected chi connectivity index (χ3v) is 2.81. The van der Waals surface area contributed by atoms with Crippen molar-refractivity contribution in [2.45, 2.75) is 105 Å². The lowest BCUT2D eigenvalue weighted by Gasteiger charge is -2.42. The van der Waals surface area contributed by atoms with Crippen LogP contribution in [0.1, 0.15) is 68.2 Å². The molecule has 0 bridgehead atoms. The van der Waals surface area contributed by atoms with Crippen LogP contribution in [0.25, 0.3) is 0 Å². The van der Waals surface area contributed by atoms with Gasteiger partial charge in [0.05, 0.1) is 30.8 Å². The monoisotopic (exact) mass is 362 g/mol. The standard InChI is InChI=1S/C18H34O7/c1-11(2)22-17(23-12(3)4)18(24-13(5)6,25-14(7)8)10-15(19)9-16(20)21/h11-14,17H,9-10H2,1-8H3,(H,20,21). The molecule has 0 unspecified atom stereocenters. The number of rotatable bonds is 13. The van der Waals surface area contributed by atoms with E-state index >= 15 is 0 Å². The molecule has 0 atom stereocenters. The molecule has 7 heteroatoms. The second-order valence-electron chi connectivity index (χ2n) is 7.13. The van der Waals surface area contributed by atoms with E-state index in [0.717, 1.165) is 0 Å². The fourth-order valence-corrected chi connectivity index (χ4v) is 2.34. The van der Waals surface area contributed by atoms with E-state index < -0.39 is 30.3 Å². The molecule has 0 aliphatic carbocycles. The lowest BCUT2D eigenvalue weighted by molar-refractivity contribution is -0.379. The van der Waals surface area contributed by atoms with Gasteiger partial charge in [-0.15, -0.1) is 0 Å². The number of carbonyl (C=O) groups is 2. The molecule has 0 heterocycles. The fraction of sp³-hybridized carbons (Fsp3) is 0.889. The molecule has 0 aliphatic heterocycles. The molecule has 0 spiro atoms. The number of ether oxygens (including phenoxy) is 4. The van der Waals surface area contributed by atoms with Gasteiger partial charge < -0.3 is 24.1 Å². The van der Waals surface area contributed by atoms with E-state index in [9.17, 15) is 9.59 Å². The van der Waals surface area contributed by atoms with Gasteiger partial charge in [0.1, 0.15) is 12.2 Å². The number of aliphatic carboxylic acids is 1. The van der Waals surface area contributed by atoms with E-state index in [0.29, 0.717) is 0 Å². The quantitative estimate of drug-likeness (QED) is 0.397. The molecule has 0 saturated heterocycles. The summed E-state index contributed by atoms with van der Waals surface area (Å²) in [6.07, 6.45) is -2.85. The molecule has 0 aromatic rings. The van der Waals surface area contributed by atoms with E-state index in [4.69, 9.17) is 24.1 Å². The van der Waals surface area contributed by atoms with Crippen LogP contribution in [-0.4, -0.2) is 53.4 Å². The Hall–Kier alpha value is -1.02. The number of ketones is 1. The van der Waals surface area contributed by atoms with E-state index in [1.165, 1.54) is 0 Å². The van der Waals surface area contributed by atoms with Crippen molar-refractivity contribution in [2.75, 3.05) is 0 Å². The Morgan fingerprint density at radius 3 is 1.48 bits per heavy atom. The Labute approximate surface area is 151 Å². The number of Topliss-reactive ketones (excluding diaryl/α,β-unsaturated/α-hetero) is 1. The summed E-state index contributed by atoms with van der Waals surface area (Å²) in [4.78, 5) is 23.2. The summed E-state index contributed by atoms with van der Waals surface area (Å²) in [5.41, 5.74) is 0. The van der Waals surface area contributed by atoms with E-state index in [2.05, 4.69) is 0 Å². The van der Waals surface area contributed by atoms with Crippen LogP contribution in [0.5, 0.6) is 0 Å². The van der Waals surface area contributed by atoms with Crippen molar-refractivity contribution >= 4 is 11.8 Å². The van der Waals surface area contributed by atoms with Gasteiger partial charge in [-0.1, -0.05) is 0 Å². The van der Waals surface area contributed by atoms with Gasteiger partial charge in [-0.05, 0) is 55.4 Å². The summed E-state index contributed by atoms with van der Waals surface area (Å²) in [7, 11) is 0. The van der Waals surface area contributed by atoms with Crippen molar-refractivity contribution in [1.82, 2.24) is 0 Å². The summed E-state index contributed by atoms with van der Waals surface area (Å²) < 4.78 is 23.7. The van der Waals surface area contributed by atoms with Gasteiger partial charge in [0, 0.05) is 0 Å². The first kappa shape index (κ1) is 24.0. The largest absolute Gasteiger partial charge is 0.481 e. The predicted octanol–water partition coefficient (Wildman–Crippen LogP) is 3.14. The molecule has 148 valence electrons. The van der Waals surface area contributed by atoms with Crippen LogP contribution in [-0.2, 0) is 28.5 Å². The first-order valence-electron chi connectivity index (χ1n) is 8.78. The van der Waals surface area contributed by atoms with Crippen molar-refractivity contribution < 1.29 is 33.6 Å². The molecule has 0 radical (unpaired) electrons. The molecule has 25 heavy (non-hydrogen) atoms. The van der Waals surface area contributed by atoms with E-state index in [1.54, 1.807) is 0 Å². The Morgan fingerprint density at radius 1 is 0.800 bits per heavy atom. The first-order chi connectivity index (χ1) is 11.4. The van der Waals surface area contributed by atoms with E-state index in [1.807, 2.05) is 55.4 Å². The Balaban J connectivity index is 5.87. The number of carboxylic acid groups (broad SMARTS) is 1. The summed E-state index contributed by atoms with van der Waals surface area (Å²) in [6, 6.07) is 0. The van der Waals surface area contributed by atoms with Crippen LogP contribution in [0.4, 0.5) is 0 Å². The number of carboxylic acids is 1. The maximum atomic E-state index is 12.3. The van der Waals surface area contributed by atoms with Gasteiger partial charge in [0.2, 0.25) is 12.1 Å². The lowest BCUT2D eigenvalue weighted by atomic mass is 10.0. The highest BCUT2D eigenvalue weighted by atomic mass is 16.8. The SMILES string of the molecule is CC(C)OC(OC(C)C)C(CC(=O)CC(=O)O)(OC(C)C)OC(C)C. The second-order valence-corrected chi connectivity index (χ2v) is 7.13. The van der Waals surface area contributed by atoms with Gasteiger partial charge in [0.25, 0.3) is 0 Å². The van der Waals surface area contributed by atoms with Gasteiger partial charge in [0.15, 0.2) is 0 Å². The molecular formula is C18H34O7. The van der Waals surface area contributed by atoms with Crippen molar-refractivity contribution in [3.63, 3.8) is 0 Å². The van der Waals surface area contributed by atoms with Gasteiger partial charge in [-0.2, -0.15) is 0 Å². The lowest BCUT2D eigenvalue weighted by Crippen LogP contribution is -2.55. The van der Waals surface area contributed by atoms with Crippen molar-refractivity contribution in [3.05, 3.63) is 0 Å². The van der Waals surface area contributed by atoms with Crippen molar-refractivity contribution in [1.29, 1.82) is 0 Å². The number of carbonyl (C=O) groups excluding carboxylic acids is 1. The molecule has 0 fully saturated rings. The first-order valence-corrected chi connectivity index (χ1v) is 8.78. The Bertz CT molecular complexity index is 396. The van der Waals surface area contributed by atoms with Crippen LogP contribution in [0.3, 0.4) is 0 Å². The smallest absolute Gasteiger partial charge is 0.310 e. The molecule has 0 rings (SSSR count). The molecule has 0 aromatic carbocycles. The highest BCUT2D eigenvalue weighted by Gasteiger charge is 2.47. The minimum absolute atomic E-state index is 0.204. The molecule has 1 N–H and O–H groups in total. The van der Waals surface area contributed by atoms with Crippen molar-refractivity contribution in [3.8, 4) is 0 Å². The van der Waals surface area contributed by atoms with Crippen LogP contribution in [0.15, 0.2) is 0 Å². The Kier molecular flexibility index (Phi) is 10.4. The molecule has 0 amide bonds. The van der Waals surface area contributed by atoms with Crippen molar-refractivity contribution in [2.24, 2.45) is 0 Å². The molecule has 7 nitrogen and oxygen atoms in total. The second kappa shape index (κ2) is 10.9. The zero-order valence-corrected chi connectivity index (χ0v) is 16.7. The molecule has 0 saturated carbocycles. The summed E-state index contributed by atoms with van der Waals surface area (Å²) in [6.45, 7) is 14.6. The van der Waals surface area contributed by atoms with Crippen LogP contribution in [0, 0.1) is 0 Å². The number of hydrogen-bond acceptors (Lipinski definition) is 6. The molecule has 0 aromatic heterocycles. The normalized spacial score (nSPS) is 12.8. The zero-order valence-electron chi connectivity index (χ0n) is 16.7. The maximum absolute atomic E-state index is 12.3. The van der Waals surface area contributed by atoms with Crippen LogP contribution < -0.4 is 0 Å². The minimum Gasteiger partial charge on any atom is -0.481 e. The number of hydrogen-bond donors (Lipinski definition) is 1. The van der Waals surface area contributed by atoms with Crippen LogP contribution >= 0.6 is 0 Å². The predicted molar refractivity (Wildman–Crippen MR) is 93.3 cm³/mol. The minimum atomic E-state index is -1.52. The fourth-order valence-electron chi connectivity index (χ4n) is 2.34. The van der Waals surface area contributed by atoms with Gasteiger partial charge in [-0.25, -0.2) is 0 Å². The Morgan fingerprint density at radius 2 is 1.20 bits per heavy atom. The van der Waals surface area contributed by atoms with Gasteiger partial charge >= 0.3 is 5.97 Å². The van der Waals surface area contributed by atoms with E-state index in [-0.39, 0.29) is 30.8 Å². The maximum Gasteiger partial charge on any atom is 0.310 e. The van der Waals surface area contributed by atoms with Gasteiger partial charge in [-0.3, -0.25) is 9.59 Å². The highest BCUT2D eigenvalue weighted by molar-refractivity contribution is 5.95. The van der Waals surface area contributed by atoms with Crippen LogP contribution in [0.2, 0.25) is 0 Å². The third-order valence-electron chi connectivity index (χ3n) is 2.81. The average Bonchev–Trinajstić information content (AvgIpc) is 2.33. The summed E-state index contributed by atoms with van der Waals surface area (Å²) in [5, 5.41) is 8.91. The zero-order chi connectivity index (χ0) is 19.8. The average molecular weight is 362 g/mol. The molecular weight excluding hydrogens is 328 g/mol.